The van der Waals surface area contributed by atoms with Gasteiger partial charge in [-0.3, -0.25) is 4.90 Å². The fourth-order valence-electron chi connectivity index (χ4n) is 3.37. The first-order valence-corrected chi connectivity index (χ1v) is 8.55. The van der Waals surface area contributed by atoms with Crippen LogP contribution in [-0.2, 0) is 17.9 Å². The third-order valence-corrected chi connectivity index (χ3v) is 4.58. The van der Waals surface area contributed by atoms with Gasteiger partial charge in [-0.05, 0) is 23.6 Å². The van der Waals surface area contributed by atoms with Crippen LogP contribution in [0.3, 0.4) is 0 Å². The molecule has 1 heterocycles. The van der Waals surface area contributed by atoms with Crippen molar-refractivity contribution in [3.63, 3.8) is 0 Å². The number of nitrogens with zero attached hydrogens (tertiary/aromatic N) is 1. The molecule has 3 rings (SSSR count). The molecule has 0 aliphatic carbocycles. The van der Waals surface area contributed by atoms with E-state index >= 15 is 0 Å². The summed E-state index contributed by atoms with van der Waals surface area (Å²) in [5.41, 5.74) is 9.81. The molecule has 1 unspecified atom stereocenters. The zero-order chi connectivity index (χ0) is 16.8. The maximum atomic E-state index is 6.11. The number of methoxy groups -OCH3 is 1. The van der Waals surface area contributed by atoms with Crippen molar-refractivity contribution in [1.29, 1.82) is 0 Å². The predicted molar refractivity (Wildman–Crippen MR) is 95.9 cm³/mol. The Kier molecular flexibility index (Phi) is 5.86. The highest BCUT2D eigenvalue weighted by Crippen LogP contribution is 2.38. The smallest absolute Gasteiger partial charge is 0.124 e. The molecule has 0 radical (unpaired) electrons. The first-order chi connectivity index (χ1) is 11.8. The van der Waals surface area contributed by atoms with Crippen molar-refractivity contribution in [3.05, 3.63) is 65.2 Å². The summed E-state index contributed by atoms with van der Waals surface area (Å²) < 4.78 is 11.3. The van der Waals surface area contributed by atoms with Crippen molar-refractivity contribution < 1.29 is 9.47 Å². The van der Waals surface area contributed by atoms with Crippen LogP contribution in [-0.4, -0.2) is 31.7 Å². The fraction of sp³-hybridized carbons (Fsp3) is 0.400. The van der Waals surface area contributed by atoms with Crippen LogP contribution < -0.4 is 10.5 Å². The molecule has 2 aromatic carbocycles. The molecule has 2 aromatic rings. The van der Waals surface area contributed by atoms with Crippen LogP contribution in [0, 0.1) is 0 Å². The van der Waals surface area contributed by atoms with Gasteiger partial charge < -0.3 is 15.2 Å². The minimum absolute atomic E-state index is 0.275. The van der Waals surface area contributed by atoms with Crippen LogP contribution in [0.15, 0.2) is 48.5 Å². The van der Waals surface area contributed by atoms with Crippen molar-refractivity contribution in [2.45, 2.75) is 25.6 Å². The second-order valence-electron chi connectivity index (χ2n) is 6.17. The average molecular weight is 326 g/mol. The summed E-state index contributed by atoms with van der Waals surface area (Å²) in [7, 11) is 1.74. The molecule has 0 saturated heterocycles. The highest BCUT2D eigenvalue weighted by molar-refractivity contribution is 5.45. The van der Waals surface area contributed by atoms with Crippen LogP contribution in [0.2, 0.25) is 0 Å². The van der Waals surface area contributed by atoms with Crippen molar-refractivity contribution in [2.24, 2.45) is 5.73 Å². The molecule has 0 amide bonds. The standard InChI is InChI=1S/C20H26N2O2/c1-23-12-6-11-22-14-18-17(19(22)13-21)9-5-10-20(18)24-15-16-7-3-2-4-8-16/h2-5,7-10,19H,6,11-15,21H2,1H3. The van der Waals surface area contributed by atoms with Gasteiger partial charge in [0.1, 0.15) is 12.4 Å². The Bertz CT molecular complexity index is 645. The largest absolute Gasteiger partial charge is 0.489 e. The number of fused-ring (bicyclic) bond motifs is 1. The first-order valence-electron chi connectivity index (χ1n) is 8.55. The lowest BCUT2D eigenvalue weighted by Gasteiger charge is -2.23. The van der Waals surface area contributed by atoms with E-state index in [2.05, 4.69) is 35.2 Å². The average Bonchev–Trinajstić information content (AvgIpc) is 2.99. The van der Waals surface area contributed by atoms with E-state index in [1.54, 1.807) is 7.11 Å². The van der Waals surface area contributed by atoms with Gasteiger partial charge in [0.15, 0.2) is 0 Å². The van der Waals surface area contributed by atoms with E-state index in [1.165, 1.54) is 16.7 Å². The fourth-order valence-corrected chi connectivity index (χ4v) is 3.37. The van der Waals surface area contributed by atoms with Gasteiger partial charge in [0.05, 0.1) is 0 Å². The van der Waals surface area contributed by atoms with E-state index in [4.69, 9.17) is 15.2 Å². The molecule has 1 atom stereocenters. The number of ether oxygens (including phenoxy) is 2. The van der Waals surface area contributed by atoms with Gasteiger partial charge in [0.25, 0.3) is 0 Å². The maximum Gasteiger partial charge on any atom is 0.124 e. The Morgan fingerprint density at radius 1 is 1.12 bits per heavy atom. The molecule has 1 aliphatic heterocycles. The number of hydrogen-bond acceptors (Lipinski definition) is 4. The third-order valence-electron chi connectivity index (χ3n) is 4.58. The summed E-state index contributed by atoms with van der Waals surface area (Å²) in [5, 5.41) is 0. The van der Waals surface area contributed by atoms with Crippen LogP contribution in [0.5, 0.6) is 5.75 Å². The van der Waals surface area contributed by atoms with Crippen molar-refractivity contribution in [3.8, 4) is 5.75 Å². The van der Waals surface area contributed by atoms with Gasteiger partial charge >= 0.3 is 0 Å². The molecule has 24 heavy (non-hydrogen) atoms. The van der Waals surface area contributed by atoms with E-state index < -0.39 is 0 Å². The van der Waals surface area contributed by atoms with Crippen LogP contribution >= 0.6 is 0 Å². The minimum Gasteiger partial charge on any atom is -0.489 e. The SMILES string of the molecule is COCCCN1Cc2c(OCc3ccccc3)cccc2C1CN. The molecule has 0 aromatic heterocycles. The summed E-state index contributed by atoms with van der Waals surface area (Å²) in [5.74, 6) is 0.976. The van der Waals surface area contributed by atoms with Crippen LogP contribution in [0.1, 0.15) is 29.2 Å². The Hall–Kier alpha value is -1.88. The normalized spacial score (nSPS) is 17.0. The lowest BCUT2D eigenvalue weighted by molar-refractivity contribution is 0.156. The first kappa shape index (κ1) is 17.0. The van der Waals surface area contributed by atoms with Gasteiger partial charge in [-0.15, -0.1) is 0 Å². The van der Waals surface area contributed by atoms with E-state index in [0.717, 1.165) is 31.9 Å². The van der Waals surface area contributed by atoms with Crippen LogP contribution in [0.25, 0.3) is 0 Å². The second-order valence-corrected chi connectivity index (χ2v) is 6.17. The van der Waals surface area contributed by atoms with Crippen molar-refractivity contribution in [2.75, 3.05) is 26.8 Å². The highest BCUT2D eigenvalue weighted by atomic mass is 16.5. The van der Waals surface area contributed by atoms with E-state index in [0.29, 0.717) is 13.2 Å². The third kappa shape index (κ3) is 3.78. The van der Waals surface area contributed by atoms with Gasteiger partial charge in [-0.25, -0.2) is 0 Å². The molecule has 4 heteroatoms. The zero-order valence-corrected chi connectivity index (χ0v) is 14.3. The van der Waals surface area contributed by atoms with Gasteiger partial charge in [-0.2, -0.15) is 0 Å². The highest BCUT2D eigenvalue weighted by Gasteiger charge is 2.30. The molecule has 128 valence electrons. The lowest BCUT2D eigenvalue weighted by atomic mass is 10.0. The van der Waals surface area contributed by atoms with Crippen LogP contribution in [0.4, 0.5) is 0 Å². The van der Waals surface area contributed by atoms with Gasteiger partial charge in [0, 0.05) is 45.0 Å². The summed E-state index contributed by atoms with van der Waals surface area (Å²) in [6, 6.07) is 16.9. The topological polar surface area (TPSA) is 47.7 Å². The van der Waals surface area contributed by atoms with E-state index in [-0.39, 0.29) is 6.04 Å². The molecule has 1 aliphatic rings. The Morgan fingerprint density at radius 3 is 2.71 bits per heavy atom. The Balaban J connectivity index is 1.72. The van der Waals surface area contributed by atoms with Gasteiger partial charge in [0.2, 0.25) is 0 Å². The number of nitrogens with two attached hydrogens (primary N) is 1. The molecule has 0 bridgehead atoms. The second kappa shape index (κ2) is 8.29. The predicted octanol–water partition coefficient (Wildman–Crippen LogP) is 3.12. The number of rotatable bonds is 8. The summed E-state index contributed by atoms with van der Waals surface area (Å²) in [4.78, 5) is 2.43. The molecular weight excluding hydrogens is 300 g/mol. The lowest BCUT2D eigenvalue weighted by Crippen LogP contribution is -2.29. The van der Waals surface area contributed by atoms with E-state index in [9.17, 15) is 0 Å². The minimum atomic E-state index is 0.275. The van der Waals surface area contributed by atoms with Gasteiger partial charge in [-0.1, -0.05) is 42.5 Å². The van der Waals surface area contributed by atoms with Crippen molar-refractivity contribution >= 4 is 0 Å². The molecule has 2 N–H and O–H groups in total. The number of hydrogen-bond donors (Lipinski definition) is 1. The molecule has 0 saturated carbocycles. The summed E-state index contributed by atoms with van der Waals surface area (Å²) in [6.07, 6.45) is 1.02. The number of benzene rings is 2. The quantitative estimate of drug-likeness (QED) is 0.757. The molecule has 0 fully saturated rings. The Morgan fingerprint density at radius 2 is 1.96 bits per heavy atom. The molecular formula is C20H26N2O2. The van der Waals surface area contributed by atoms with E-state index in [1.807, 2.05) is 18.2 Å². The maximum absolute atomic E-state index is 6.11. The molecule has 0 spiro atoms. The Labute approximate surface area is 144 Å². The monoisotopic (exact) mass is 326 g/mol. The zero-order valence-electron chi connectivity index (χ0n) is 14.3. The summed E-state index contributed by atoms with van der Waals surface area (Å²) >= 11 is 0. The summed E-state index contributed by atoms with van der Waals surface area (Å²) in [6.45, 7) is 3.88. The molecule has 4 nitrogen and oxygen atoms in total. The van der Waals surface area contributed by atoms with Crippen molar-refractivity contribution in [1.82, 2.24) is 4.90 Å².